The molecule has 6 nitrogen and oxygen atoms in total. The minimum Gasteiger partial charge on any atom is -0.396 e. The fourth-order valence-corrected chi connectivity index (χ4v) is 4.37. The van der Waals surface area contributed by atoms with Gasteiger partial charge in [-0.15, -0.1) is 0 Å². The van der Waals surface area contributed by atoms with Crippen LogP contribution < -0.4 is 4.72 Å². The van der Waals surface area contributed by atoms with Gasteiger partial charge in [0, 0.05) is 12.6 Å². The molecule has 19 heavy (non-hydrogen) atoms. The highest BCUT2D eigenvalue weighted by atomic mass is 32.2. The SMILES string of the molecule is Cc1noc(C)c1S(=O)(=O)NC1CCCCC1CO. The molecule has 1 aromatic rings. The van der Waals surface area contributed by atoms with E-state index >= 15 is 0 Å². The molecule has 0 aromatic carbocycles. The Morgan fingerprint density at radius 2 is 2.05 bits per heavy atom. The number of nitrogens with one attached hydrogen (secondary N) is 1. The van der Waals surface area contributed by atoms with E-state index in [9.17, 15) is 13.5 Å². The Morgan fingerprint density at radius 1 is 1.37 bits per heavy atom. The number of sulfonamides is 1. The number of rotatable bonds is 4. The lowest BCUT2D eigenvalue weighted by molar-refractivity contribution is 0.164. The molecule has 2 unspecified atom stereocenters. The molecule has 0 radical (unpaired) electrons. The molecular weight excluding hydrogens is 268 g/mol. The third kappa shape index (κ3) is 2.98. The van der Waals surface area contributed by atoms with Gasteiger partial charge in [-0.2, -0.15) is 0 Å². The molecule has 0 saturated heterocycles. The first-order chi connectivity index (χ1) is 8.95. The van der Waals surface area contributed by atoms with Gasteiger partial charge in [0.2, 0.25) is 10.0 Å². The summed E-state index contributed by atoms with van der Waals surface area (Å²) in [5.74, 6) is 0.283. The van der Waals surface area contributed by atoms with Gasteiger partial charge in [0.1, 0.15) is 10.6 Å². The van der Waals surface area contributed by atoms with Crippen molar-refractivity contribution in [1.29, 1.82) is 0 Å². The van der Waals surface area contributed by atoms with Crippen LogP contribution in [0.5, 0.6) is 0 Å². The van der Waals surface area contributed by atoms with Crippen LogP contribution in [-0.4, -0.2) is 31.3 Å². The van der Waals surface area contributed by atoms with Crippen molar-refractivity contribution in [2.45, 2.75) is 50.5 Å². The molecule has 0 spiro atoms. The number of aromatic nitrogens is 1. The first-order valence-corrected chi connectivity index (χ1v) is 8.00. The molecule has 2 rings (SSSR count). The van der Waals surface area contributed by atoms with E-state index in [-0.39, 0.29) is 23.5 Å². The molecule has 0 amide bonds. The van der Waals surface area contributed by atoms with Crippen LogP contribution in [0.4, 0.5) is 0 Å². The van der Waals surface area contributed by atoms with Crippen LogP contribution in [0.1, 0.15) is 37.1 Å². The Kier molecular flexibility index (Phi) is 4.27. The van der Waals surface area contributed by atoms with Gasteiger partial charge in [-0.25, -0.2) is 13.1 Å². The molecule has 1 aliphatic carbocycles. The number of aliphatic hydroxyl groups excluding tert-OH is 1. The standard InChI is InChI=1S/C12H20N2O4S/c1-8-12(9(2)18-13-8)19(16,17)14-11-6-4-3-5-10(11)7-15/h10-11,14-15H,3-7H2,1-2H3. The summed E-state index contributed by atoms with van der Waals surface area (Å²) >= 11 is 0. The zero-order chi connectivity index (χ0) is 14.0. The molecule has 1 aliphatic rings. The van der Waals surface area contributed by atoms with E-state index < -0.39 is 10.0 Å². The van der Waals surface area contributed by atoms with Crippen molar-refractivity contribution in [2.24, 2.45) is 5.92 Å². The maximum atomic E-state index is 12.4. The van der Waals surface area contributed by atoms with E-state index in [1.54, 1.807) is 13.8 Å². The first-order valence-electron chi connectivity index (χ1n) is 6.51. The maximum absolute atomic E-state index is 12.4. The lowest BCUT2D eigenvalue weighted by atomic mass is 9.86. The van der Waals surface area contributed by atoms with Crippen LogP contribution in [0.3, 0.4) is 0 Å². The van der Waals surface area contributed by atoms with Crippen molar-refractivity contribution in [3.63, 3.8) is 0 Å². The Morgan fingerprint density at radius 3 is 2.63 bits per heavy atom. The van der Waals surface area contributed by atoms with Crippen molar-refractivity contribution < 1.29 is 18.0 Å². The fraction of sp³-hybridized carbons (Fsp3) is 0.750. The molecule has 2 atom stereocenters. The van der Waals surface area contributed by atoms with Gasteiger partial charge in [-0.1, -0.05) is 18.0 Å². The van der Waals surface area contributed by atoms with Crippen molar-refractivity contribution in [2.75, 3.05) is 6.61 Å². The monoisotopic (exact) mass is 288 g/mol. The fourth-order valence-electron chi connectivity index (χ4n) is 2.70. The highest BCUT2D eigenvalue weighted by molar-refractivity contribution is 7.89. The van der Waals surface area contributed by atoms with Crippen molar-refractivity contribution in [3.05, 3.63) is 11.5 Å². The maximum Gasteiger partial charge on any atom is 0.246 e. The van der Waals surface area contributed by atoms with Crippen molar-refractivity contribution >= 4 is 10.0 Å². The van der Waals surface area contributed by atoms with E-state index in [2.05, 4.69) is 9.88 Å². The number of hydrogen-bond acceptors (Lipinski definition) is 5. The number of hydrogen-bond donors (Lipinski definition) is 2. The second-order valence-electron chi connectivity index (χ2n) is 5.11. The van der Waals surface area contributed by atoms with Gasteiger partial charge in [0.15, 0.2) is 5.76 Å². The van der Waals surface area contributed by atoms with Crippen LogP contribution >= 0.6 is 0 Å². The van der Waals surface area contributed by atoms with Crippen LogP contribution in [0, 0.1) is 19.8 Å². The zero-order valence-electron chi connectivity index (χ0n) is 11.2. The molecule has 0 bridgehead atoms. The number of aryl methyl sites for hydroxylation is 2. The summed E-state index contributed by atoms with van der Waals surface area (Å²) in [6.45, 7) is 3.20. The average molecular weight is 288 g/mol. The van der Waals surface area contributed by atoms with Gasteiger partial charge in [0.05, 0.1) is 0 Å². The average Bonchev–Trinajstić information content (AvgIpc) is 2.70. The minimum absolute atomic E-state index is 0.00872. The van der Waals surface area contributed by atoms with E-state index in [1.807, 2.05) is 0 Å². The molecule has 1 saturated carbocycles. The molecule has 1 fully saturated rings. The molecule has 108 valence electrons. The van der Waals surface area contributed by atoms with Crippen LogP contribution in [0.25, 0.3) is 0 Å². The van der Waals surface area contributed by atoms with Crippen molar-refractivity contribution in [3.8, 4) is 0 Å². The predicted molar refractivity (Wildman–Crippen MR) is 69.1 cm³/mol. The van der Waals surface area contributed by atoms with Gasteiger partial charge in [-0.3, -0.25) is 0 Å². The third-order valence-corrected chi connectivity index (χ3v) is 5.42. The van der Waals surface area contributed by atoms with E-state index in [4.69, 9.17) is 4.52 Å². The van der Waals surface area contributed by atoms with E-state index in [1.165, 1.54) is 0 Å². The third-order valence-electron chi connectivity index (χ3n) is 3.69. The molecule has 1 aromatic heterocycles. The molecule has 1 heterocycles. The highest BCUT2D eigenvalue weighted by Gasteiger charge is 2.32. The van der Waals surface area contributed by atoms with E-state index in [0.717, 1.165) is 25.7 Å². The van der Waals surface area contributed by atoms with Gasteiger partial charge >= 0.3 is 0 Å². The minimum atomic E-state index is -3.64. The Labute approximate surface area is 113 Å². The number of aliphatic hydroxyl groups is 1. The van der Waals surface area contributed by atoms with Crippen molar-refractivity contribution in [1.82, 2.24) is 9.88 Å². The summed E-state index contributed by atoms with van der Waals surface area (Å²) in [7, 11) is -3.64. The lowest BCUT2D eigenvalue weighted by Crippen LogP contribution is -2.43. The zero-order valence-corrected chi connectivity index (χ0v) is 12.0. The largest absolute Gasteiger partial charge is 0.396 e. The van der Waals surface area contributed by atoms with Crippen LogP contribution in [0.15, 0.2) is 9.42 Å². The molecule has 0 aliphatic heterocycles. The van der Waals surface area contributed by atoms with E-state index in [0.29, 0.717) is 11.5 Å². The second-order valence-corrected chi connectivity index (χ2v) is 6.76. The summed E-state index contributed by atoms with van der Waals surface area (Å²) in [6.07, 6.45) is 3.62. The van der Waals surface area contributed by atoms with Crippen LogP contribution in [-0.2, 0) is 10.0 Å². The quantitative estimate of drug-likeness (QED) is 0.866. The van der Waals surface area contributed by atoms with Crippen LogP contribution in [0.2, 0.25) is 0 Å². The topological polar surface area (TPSA) is 92.4 Å². The van der Waals surface area contributed by atoms with Gasteiger partial charge in [0.25, 0.3) is 0 Å². The Hall–Kier alpha value is -0.920. The summed E-state index contributed by atoms with van der Waals surface area (Å²) in [6, 6.07) is -0.211. The number of nitrogens with zero attached hydrogens (tertiary/aromatic N) is 1. The second kappa shape index (κ2) is 5.60. The molecular formula is C12H20N2O4S. The summed E-state index contributed by atoms with van der Waals surface area (Å²) in [4.78, 5) is 0.120. The molecule has 7 heteroatoms. The lowest BCUT2D eigenvalue weighted by Gasteiger charge is -2.30. The Bertz CT molecular complexity index is 518. The smallest absolute Gasteiger partial charge is 0.246 e. The normalized spacial score (nSPS) is 24.6. The summed E-state index contributed by atoms with van der Waals surface area (Å²) in [5.41, 5.74) is 0.362. The van der Waals surface area contributed by atoms with Gasteiger partial charge in [-0.05, 0) is 32.6 Å². The highest BCUT2D eigenvalue weighted by Crippen LogP contribution is 2.27. The molecule has 2 N–H and O–H groups in total. The first kappa shape index (κ1) is 14.5. The van der Waals surface area contributed by atoms with Gasteiger partial charge < -0.3 is 9.63 Å². The Balaban J connectivity index is 2.21. The predicted octanol–water partition coefficient (Wildman–Crippen LogP) is 1.12. The summed E-state index contributed by atoms with van der Waals surface area (Å²) < 4.78 is 32.3. The summed E-state index contributed by atoms with van der Waals surface area (Å²) in [5, 5.41) is 13.0.